The molecule has 0 spiro atoms. The molecule has 0 radical (unpaired) electrons. The van der Waals surface area contributed by atoms with Crippen LogP contribution in [0.5, 0.6) is 5.75 Å². The first-order valence-corrected chi connectivity index (χ1v) is 6.55. The minimum absolute atomic E-state index is 0.0314. The third-order valence-electron chi connectivity index (χ3n) is 2.25. The highest BCUT2D eigenvalue weighted by molar-refractivity contribution is 7.80. The molecule has 0 fully saturated rings. The van der Waals surface area contributed by atoms with Crippen LogP contribution >= 0.6 is 12.2 Å². The molecule has 3 N–H and O–H groups in total. The predicted octanol–water partition coefficient (Wildman–Crippen LogP) is 1.96. The first kappa shape index (κ1) is 17.3. The Morgan fingerprint density at radius 3 is 2.76 bits per heavy atom. The first-order chi connectivity index (χ1) is 9.99. The molecular formula is C13H16F2N2O3S. The monoisotopic (exact) mass is 318 g/mol. The molecule has 0 atom stereocenters. The fraction of sp³-hybridized carbons (Fsp3) is 0.385. The van der Waals surface area contributed by atoms with Crippen LogP contribution in [-0.2, 0) is 9.53 Å². The van der Waals surface area contributed by atoms with Crippen LogP contribution in [0.1, 0.15) is 6.42 Å². The topological polar surface area (TPSA) is 73.6 Å². The summed E-state index contributed by atoms with van der Waals surface area (Å²) in [4.78, 5) is 11.9. The molecule has 1 amide bonds. The van der Waals surface area contributed by atoms with Crippen molar-refractivity contribution in [2.75, 3.05) is 25.1 Å². The summed E-state index contributed by atoms with van der Waals surface area (Å²) in [6.07, 6.45) is -2.57. The number of hydrogen-bond donors (Lipinski definition) is 2. The number of para-hydroxylation sites is 2. The number of hydrogen-bond acceptors (Lipinski definition) is 4. The summed E-state index contributed by atoms with van der Waals surface area (Å²) >= 11 is 4.71. The molecule has 0 aromatic heterocycles. The molecule has 0 bridgehead atoms. The number of carbonyl (C=O) groups is 1. The fourth-order valence-electron chi connectivity index (χ4n) is 1.39. The zero-order valence-corrected chi connectivity index (χ0v) is 12.0. The van der Waals surface area contributed by atoms with Gasteiger partial charge in [-0.05, 0) is 12.1 Å². The molecule has 0 aliphatic heterocycles. The van der Waals surface area contributed by atoms with Crippen LogP contribution in [0.15, 0.2) is 24.3 Å². The van der Waals surface area contributed by atoms with E-state index in [0.29, 0.717) is 11.4 Å². The van der Waals surface area contributed by atoms with E-state index >= 15 is 0 Å². The second-order valence-electron chi connectivity index (χ2n) is 4.02. The van der Waals surface area contributed by atoms with E-state index < -0.39 is 13.0 Å². The summed E-state index contributed by atoms with van der Waals surface area (Å²) < 4.78 is 33.7. The zero-order valence-electron chi connectivity index (χ0n) is 11.2. The molecule has 0 saturated heterocycles. The standard InChI is InChI=1S/C13H16F2N2O3S/c14-11(15)7-19-6-5-13(18)17-9-3-1-2-4-10(9)20-8-12(16)21/h1-4,11H,5-8H2,(H2,16,21)(H,17,18). The molecule has 21 heavy (non-hydrogen) atoms. The van der Waals surface area contributed by atoms with E-state index in [1.165, 1.54) is 0 Å². The van der Waals surface area contributed by atoms with Crippen molar-refractivity contribution in [3.8, 4) is 5.75 Å². The number of alkyl halides is 2. The number of thiocarbonyl (C=S) groups is 1. The summed E-state index contributed by atoms with van der Waals surface area (Å²) in [5, 5.41) is 2.61. The van der Waals surface area contributed by atoms with E-state index in [2.05, 4.69) is 10.1 Å². The van der Waals surface area contributed by atoms with Crippen molar-refractivity contribution in [3.63, 3.8) is 0 Å². The Morgan fingerprint density at radius 1 is 1.38 bits per heavy atom. The Labute approximate surface area is 126 Å². The van der Waals surface area contributed by atoms with Gasteiger partial charge in [0.1, 0.15) is 24.0 Å². The van der Waals surface area contributed by atoms with E-state index in [1.807, 2.05) is 0 Å². The maximum atomic E-state index is 11.8. The molecule has 0 aliphatic carbocycles. The van der Waals surface area contributed by atoms with Crippen molar-refractivity contribution < 1.29 is 23.0 Å². The molecule has 0 saturated carbocycles. The summed E-state index contributed by atoms with van der Waals surface area (Å²) in [5.74, 6) is 0.0581. The van der Waals surface area contributed by atoms with Crippen molar-refractivity contribution >= 4 is 28.8 Å². The van der Waals surface area contributed by atoms with E-state index in [-0.39, 0.29) is 30.5 Å². The third kappa shape index (κ3) is 7.52. The number of amides is 1. The summed E-state index contributed by atoms with van der Waals surface area (Å²) in [5.41, 5.74) is 5.79. The van der Waals surface area contributed by atoms with E-state index in [0.717, 1.165) is 0 Å². The van der Waals surface area contributed by atoms with Gasteiger partial charge in [-0.1, -0.05) is 24.4 Å². The van der Waals surface area contributed by atoms with E-state index in [1.54, 1.807) is 24.3 Å². The molecule has 0 aliphatic rings. The van der Waals surface area contributed by atoms with Crippen LogP contribution in [0.4, 0.5) is 14.5 Å². The Kier molecular flexibility index (Phi) is 7.55. The Balaban J connectivity index is 2.46. The number of carbonyl (C=O) groups excluding carboxylic acids is 1. The van der Waals surface area contributed by atoms with Crippen LogP contribution in [0.3, 0.4) is 0 Å². The summed E-state index contributed by atoms with van der Waals surface area (Å²) in [7, 11) is 0. The average Bonchev–Trinajstić information content (AvgIpc) is 2.42. The zero-order chi connectivity index (χ0) is 15.7. The van der Waals surface area contributed by atoms with Gasteiger partial charge in [0.25, 0.3) is 6.43 Å². The number of ether oxygens (including phenoxy) is 2. The Hall–Kier alpha value is -1.80. The van der Waals surface area contributed by atoms with Gasteiger partial charge in [0.05, 0.1) is 18.7 Å². The fourth-order valence-corrected chi connectivity index (χ4v) is 1.45. The lowest BCUT2D eigenvalue weighted by molar-refractivity contribution is -0.117. The van der Waals surface area contributed by atoms with Crippen molar-refractivity contribution in [1.82, 2.24) is 0 Å². The molecule has 5 nitrogen and oxygen atoms in total. The average molecular weight is 318 g/mol. The van der Waals surface area contributed by atoms with Gasteiger partial charge in [0, 0.05) is 0 Å². The normalized spacial score (nSPS) is 10.4. The number of nitrogens with one attached hydrogen (secondary N) is 1. The van der Waals surface area contributed by atoms with Crippen molar-refractivity contribution in [2.24, 2.45) is 5.73 Å². The Bertz CT molecular complexity index is 486. The van der Waals surface area contributed by atoms with Crippen LogP contribution in [0.25, 0.3) is 0 Å². The van der Waals surface area contributed by atoms with Gasteiger partial charge in [-0.2, -0.15) is 0 Å². The molecule has 8 heteroatoms. The SMILES string of the molecule is NC(=S)COc1ccccc1NC(=O)CCOCC(F)F. The van der Waals surface area contributed by atoms with Crippen LogP contribution in [0.2, 0.25) is 0 Å². The molecule has 1 rings (SSSR count). The quantitative estimate of drug-likeness (QED) is 0.538. The summed E-state index contributed by atoms with van der Waals surface area (Å²) in [6, 6.07) is 6.75. The van der Waals surface area contributed by atoms with Gasteiger partial charge in [0.15, 0.2) is 0 Å². The molecule has 0 heterocycles. The van der Waals surface area contributed by atoms with Crippen molar-refractivity contribution in [2.45, 2.75) is 12.8 Å². The lowest BCUT2D eigenvalue weighted by atomic mass is 10.3. The molecule has 1 aromatic carbocycles. The smallest absolute Gasteiger partial charge is 0.261 e. The highest BCUT2D eigenvalue weighted by atomic mass is 32.1. The molecule has 116 valence electrons. The number of rotatable bonds is 9. The molecule has 0 unspecified atom stereocenters. The van der Waals surface area contributed by atoms with Crippen LogP contribution < -0.4 is 15.8 Å². The van der Waals surface area contributed by atoms with Gasteiger partial charge >= 0.3 is 0 Å². The highest BCUT2D eigenvalue weighted by Crippen LogP contribution is 2.23. The van der Waals surface area contributed by atoms with Crippen LogP contribution in [0, 0.1) is 0 Å². The predicted molar refractivity (Wildman–Crippen MR) is 78.8 cm³/mol. The number of benzene rings is 1. The maximum Gasteiger partial charge on any atom is 0.261 e. The minimum atomic E-state index is -2.54. The third-order valence-corrected chi connectivity index (χ3v) is 2.37. The highest BCUT2D eigenvalue weighted by Gasteiger charge is 2.09. The van der Waals surface area contributed by atoms with Gasteiger partial charge in [-0.15, -0.1) is 0 Å². The van der Waals surface area contributed by atoms with Crippen LogP contribution in [-0.4, -0.2) is 37.1 Å². The molecule has 1 aromatic rings. The lowest BCUT2D eigenvalue weighted by Gasteiger charge is -2.12. The van der Waals surface area contributed by atoms with Gasteiger partial charge in [0.2, 0.25) is 5.91 Å². The molecular weight excluding hydrogens is 302 g/mol. The van der Waals surface area contributed by atoms with Gasteiger partial charge in [-0.3, -0.25) is 4.79 Å². The van der Waals surface area contributed by atoms with E-state index in [9.17, 15) is 13.6 Å². The largest absolute Gasteiger partial charge is 0.484 e. The van der Waals surface area contributed by atoms with Crippen molar-refractivity contribution in [1.29, 1.82) is 0 Å². The first-order valence-electron chi connectivity index (χ1n) is 6.15. The van der Waals surface area contributed by atoms with Gasteiger partial charge < -0.3 is 20.5 Å². The Morgan fingerprint density at radius 2 is 2.10 bits per heavy atom. The number of halogens is 2. The second-order valence-corrected chi connectivity index (χ2v) is 4.54. The number of anilines is 1. The second kappa shape index (κ2) is 9.19. The lowest BCUT2D eigenvalue weighted by Crippen LogP contribution is -2.19. The van der Waals surface area contributed by atoms with Gasteiger partial charge in [-0.25, -0.2) is 8.78 Å². The number of nitrogens with two attached hydrogens (primary N) is 1. The minimum Gasteiger partial charge on any atom is -0.484 e. The van der Waals surface area contributed by atoms with Crippen molar-refractivity contribution in [3.05, 3.63) is 24.3 Å². The maximum absolute atomic E-state index is 11.8. The summed E-state index contributed by atoms with van der Waals surface area (Å²) in [6.45, 7) is -0.702. The van der Waals surface area contributed by atoms with E-state index in [4.69, 9.17) is 22.7 Å².